The van der Waals surface area contributed by atoms with Crippen molar-refractivity contribution in [2.45, 2.75) is 74.3 Å². The zero-order valence-electron chi connectivity index (χ0n) is 32.1. The molecule has 0 spiro atoms. The van der Waals surface area contributed by atoms with Gasteiger partial charge in [0.05, 0.1) is 29.8 Å². The van der Waals surface area contributed by atoms with E-state index < -0.39 is 76.5 Å². The van der Waals surface area contributed by atoms with Gasteiger partial charge < -0.3 is 34.5 Å². The maximum absolute atomic E-state index is 14.4. The number of nitrogens with one attached hydrogen (secondary N) is 3. The Hall–Kier alpha value is -6.09. The highest BCUT2D eigenvalue weighted by Crippen LogP contribution is 2.45. The van der Waals surface area contributed by atoms with Crippen LogP contribution in [0, 0.1) is 5.92 Å². The van der Waals surface area contributed by atoms with E-state index in [9.17, 15) is 28.2 Å². The van der Waals surface area contributed by atoms with Crippen LogP contribution >= 0.6 is 0 Å². The van der Waals surface area contributed by atoms with Gasteiger partial charge in [-0.3, -0.25) is 19.1 Å². The Balaban J connectivity index is 1.32. The molecule has 1 saturated heterocycles. The van der Waals surface area contributed by atoms with E-state index in [0.29, 0.717) is 39.3 Å². The number of methoxy groups -OCH3 is 1. The number of ether oxygens (including phenoxy) is 3. The van der Waals surface area contributed by atoms with Gasteiger partial charge >= 0.3 is 6.09 Å². The molecule has 1 saturated carbocycles. The summed E-state index contributed by atoms with van der Waals surface area (Å²) in [6.07, 6.45) is 0.0943. The van der Waals surface area contributed by atoms with Crippen LogP contribution in [0.2, 0.25) is 0 Å². The van der Waals surface area contributed by atoms with E-state index in [1.165, 1.54) is 11.0 Å². The first-order valence-electron chi connectivity index (χ1n) is 18.4. The Morgan fingerprint density at radius 1 is 1.04 bits per heavy atom. The molecule has 1 aromatic heterocycles. The van der Waals surface area contributed by atoms with Crippen molar-refractivity contribution >= 4 is 52.0 Å². The molecular formula is C42H45N5O9S. The van der Waals surface area contributed by atoms with Crippen molar-refractivity contribution in [3.63, 3.8) is 0 Å². The third-order valence-electron chi connectivity index (χ3n) is 9.71. The van der Waals surface area contributed by atoms with Gasteiger partial charge in [-0.05, 0) is 51.5 Å². The Kier molecular flexibility index (Phi) is 12.1. The molecule has 6 atom stereocenters. The third kappa shape index (κ3) is 9.31. The topological polar surface area (TPSA) is 182 Å². The molecule has 2 aliphatic rings. The number of pyridine rings is 1. The fourth-order valence-corrected chi connectivity index (χ4v) is 7.67. The lowest BCUT2D eigenvalue weighted by molar-refractivity contribution is -0.141. The minimum atomic E-state index is -1.92. The average Bonchev–Trinajstić information content (AvgIpc) is 3.75. The van der Waals surface area contributed by atoms with Gasteiger partial charge in [0.25, 0.3) is 5.91 Å². The van der Waals surface area contributed by atoms with Gasteiger partial charge in [-0.2, -0.15) is 0 Å². The van der Waals surface area contributed by atoms with Crippen LogP contribution in [0.5, 0.6) is 11.5 Å². The second-order valence-electron chi connectivity index (χ2n) is 14.9. The predicted molar refractivity (Wildman–Crippen MR) is 212 cm³/mol. The first kappa shape index (κ1) is 40.6. The van der Waals surface area contributed by atoms with Crippen molar-refractivity contribution < 1.29 is 42.4 Å². The van der Waals surface area contributed by atoms with E-state index in [4.69, 9.17) is 19.2 Å². The number of benzene rings is 3. The number of rotatable bonds is 14. The molecule has 57 heavy (non-hydrogen) atoms. The van der Waals surface area contributed by atoms with Crippen LogP contribution in [0.4, 0.5) is 4.79 Å². The summed E-state index contributed by atoms with van der Waals surface area (Å²) in [4.78, 5) is 73.5. The first-order valence-corrected chi connectivity index (χ1v) is 19.6. The largest absolute Gasteiger partial charge is 0.497 e. The lowest BCUT2D eigenvalue weighted by atomic mass is 10.1. The van der Waals surface area contributed by atoms with E-state index in [-0.39, 0.29) is 19.4 Å². The number of nitrogens with zero attached hydrogens (tertiary/aromatic N) is 2. The number of likely N-dealkylation sites (tertiary alicyclic amines) is 1. The Bertz CT molecular complexity index is 2200. The highest BCUT2D eigenvalue weighted by molar-refractivity contribution is 7.83. The molecule has 2 fully saturated rings. The standard InChI is InChI=1S/C42H45N5O9S/c1-6-27-24-42(27,39(51)46-57(53)30-15-11-8-12-16-30)45-37(49)35-22-29(25-47(35)38(50)32(19-20-48)44-40(52)56-41(2,3)4)55-36-23-33(26-13-9-7-10-14-26)43-34-21-28(54-5)17-18-31(34)36/h6-18,20-21,23,27,29,32,35H,1,19,22,24-25H2,2-5H3,(H,44,52)(H,45,49)(H,46,51)/t27-,29-,32+,35+,42-,57?/m1/s1. The molecule has 1 aliphatic carbocycles. The van der Waals surface area contributed by atoms with E-state index in [0.717, 1.165) is 5.56 Å². The van der Waals surface area contributed by atoms with Gasteiger partial charge in [-0.25, -0.2) is 14.0 Å². The summed E-state index contributed by atoms with van der Waals surface area (Å²) in [5.74, 6) is -1.56. The molecule has 15 heteroatoms. The second-order valence-corrected chi connectivity index (χ2v) is 16.1. The van der Waals surface area contributed by atoms with Crippen LogP contribution in [0.1, 0.15) is 40.0 Å². The monoisotopic (exact) mass is 795 g/mol. The zero-order valence-corrected chi connectivity index (χ0v) is 32.9. The molecule has 1 aliphatic heterocycles. The number of hydrogen-bond acceptors (Lipinski definition) is 10. The highest BCUT2D eigenvalue weighted by atomic mass is 32.2. The first-order chi connectivity index (χ1) is 27.2. The fourth-order valence-electron chi connectivity index (χ4n) is 6.80. The molecule has 3 aromatic carbocycles. The number of aromatic nitrogens is 1. The average molecular weight is 796 g/mol. The molecule has 14 nitrogen and oxygen atoms in total. The summed E-state index contributed by atoms with van der Waals surface area (Å²) >= 11 is 0. The maximum atomic E-state index is 14.4. The number of carbonyl (C=O) groups excluding carboxylic acids is 5. The predicted octanol–water partition coefficient (Wildman–Crippen LogP) is 4.64. The third-order valence-corrected chi connectivity index (χ3v) is 10.8. The molecule has 298 valence electrons. The number of hydrogen-bond donors (Lipinski definition) is 3. The highest BCUT2D eigenvalue weighted by Gasteiger charge is 2.61. The SMILES string of the molecule is C=C[C@@H]1C[C@]1(NC(=O)[C@@H]1C[C@@H](Oc2cc(-c3ccccc3)nc3cc(OC)ccc23)CN1C(=O)[C@H](CC=O)NC(=O)OC(C)(C)C)C(=O)NS(=O)c1ccccc1. The lowest BCUT2D eigenvalue weighted by Gasteiger charge is -2.29. The van der Waals surface area contributed by atoms with Gasteiger partial charge in [-0.1, -0.05) is 54.6 Å². The Morgan fingerprint density at radius 2 is 1.74 bits per heavy atom. The Morgan fingerprint density at radius 3 is 2.37 bits per heavy atom. The van der Waals surface area contributed by atoms with Gasteiger partial charge in [-0.15, -0.1) is 6.58 Å². The number of amides is 4. The summed E-state index contributed by atoms with van der Waals surface area (Å²) in [5, 5.41) is 5.97. The molecule has 0 bridgehead atoms. The van der Waals surface area contributed by atoms with Crippen molar-refractivity contribution in [2.24, 2.45) is 5.92 Å². The number of aldehydes is 1. The van der Waals surface area contributed by atoms with E-state index in [2.05, 4.69) is 21.9 Å². The summed E-state index contributed by atoms with van der Waals surface area (Å²) < 4.78 is 33.0. The van der Waals surface area contributed by atoms with Crippen LogP contribution in [-0.2, 0) is 34.9 Å². The van der Waals surface area contributed by atoms with Crippen molar-refractivity contribution in [2.75, 3.05) is 13.7 Å². The van der Waals surface area contributed by atoms with Crippen molar-refractivity contribution in [1.29, 1.82) is 0 Å². The van der Waals surface area contributed by atoms with Crippen molar-refractivity contribution in [1.82, 2.24) is 25.2 Å². The number of carbonyl (C=O) groups is 5. The second kappa shape index (κ2) is 17.0. The van der Waals surface area contributed by atoms with E-state index >= 15 is 0 Å². The summed E-state index contributed by atoms with van der Waals surface area (Å²) in [6, 6.07) is 22.4. The summed E-state index contributed by atoms with van der Waals surface area (Å²) in [6.45, 7) is 8.67. The molecule has 0 radical (unpaired) electrons. The van der Waals surface area contributed by atoms with Crippen LogP contribution in [0.3, 0.4) is 0 Å². The smallest absolute Gasteiger partial charge is 0.408 e. The van der Waals surface area contributed by atoms with Crippen molar-refractivity contribution in [3.05, 3.63) is 97.6 Å². The lowest BCUT2D eigenvalue weighted by Crippen LogP contribution is -2.58. The number of fused-ring (bicyclic) bond motifs is 1. The van der Waals surface area contributed by atoms with E-state index in [1.807, 2.05) is 36.4 Å². The molecule has 6 rings (SSSR count). The minimum Gasteiger partial charge on any atom is -0.497 e. The normalized spacial score (nSPS) is 21.1. The molecule has 4 aromatic rings. The maximum Gasteiger partial charge on any atom is 0.408 e. The fraction of sp³-hybridized carbons (Fsp3) is 0.333. The van der Waals surface area contributed by atoms with Crippen LogP contribution in [-0.4, -0.2) is 87.2 Å². The van der Waals surface area contributed by atoms with Crippen LogP contribution in [0.15, 0.2) is 102 Å². The van der Waals surface area contributed by atoms with Gasteiger partial charge in [0.2, 0.25) is 11.8 Å². The molecular weight excluding hydrogens is 751 g/mol. The van der Waals surface area contributed by atoms with Crippen LogP contribution in [0.25, 0.3) is 22.2 Å². The van der Waals surface area contributed by atoms with Gasteiger partial charge in [0.1, 0.15) is 47.1 Å². The van der Waals surface area contributed by atoms with Gasteiger partial charge in [0.15, 0.2) is 11.0 Å². The minimum absolute atomic E-state index is 0.0230. The Labute approximate surface area is 332 Å². The summed E-state index contributed by atoms with van der Waals surface area (Å²) in [7, 11) is -0.361. The quantitative estimate of drug-likeness (QED) is 0.120. The summed E-state index contributed by atoms with van der Waals surface area (Å²) in [5.41, 5.74) is -0.350. The van der Waals surface area contributed by atoms with E-state index in [1.54, 1.807) is 76.4 Å². The molecule has 4 amide bonds. The molecule has 2 heterocycles. The number of alkyl carbamates (subject to hydrolysis) is 1. The zero-order chi connectivity index (χ0) is 40.9. The van der Waals surface area contributed by atoms with Crippen LogP contribution < -0.4 is 24.8 Å². The molecule has 3 N–H and O–H groups in total. The van der Waals surface area contributed by atoms with Crippen molar-refractivity contribution in [3.8, 4) is 22.8 Å². The molecule has 1 unspecified atom stereocenters. The van der Waals surface area contributed by atoms with Gasteiger partial charge in [0, 0.05) is 41.8 Å².